The molecule has 106 valence electrons. The summed E-state index contributed by atoms with van der Waals surface area (Å²) in [6.07, 6.45) is -0.762. The Morgan fingerprint density at radius 2 is 1.79 bits per heavy atom. The Kier molecular flexibility index (Phi) is 5.27. The predicted octanol–water partition coefficient (Wildman–Crippen LogP) is 0.435. The lowest BCUT2D eigenvalue weighted by molar-refractivity contribution is 0.0719. The van der Waals surface area contributed by atoms with E-state index < -0.39 is 6.10 Å². The highest BCUT2D eigenvalue weighted by atomic mass is 19.1. The van der Waals surface area contributed by atoms with E-state index in [1.807, 2.05) is 0 Å². The van der Waals surface area contributed by atoms with Gasteiger partial charge in [-0.1, -0.05) is 18.2 Å². The van der Waals surface area contributed by atoms with Gasteiger partial charge in [0.25, 0.3) is 0 Å². The summed E-state index contributed by atoms with van der Waals surface area (Å²) in [5, 5.41) is 10.1. The third-order valence-electron chi connectivity index (χ3n) is 3.61. The monoisotopic (exact) mass is 267 g/mol. The Labute approximate surface area is 113 Å². The standard InChI is InChI=1S/C14H22FN3O/c15-13-4-2-1-3-12(13)14(19)11-18-9-7-17(6-5-16)8-10-18/h1-4,14,19H,5-11,16H2. The average molecular weight is 267 g/mol. The van der Waals surface area contributed by atoms with Gasteiger partial charge in [0, 0.05) is 51.4 Å². The molecule has 0 spiro atoms. The molecule has 1 fully saturated rings. The van der Waals surface area contributed by atoms with E-state index in [0.29, 0.717) is 18.7 Å². The summed E-state index contributed by atoms with van der Waals surface area (Å²) in [6, 6.07) is 6.42. The number of nitrogens with two attached hydrogens (primary N) is 1. The van der Waals surface area contributed by atoms with Gasteiger partial charge in [0.1, 0.15) is 5.82 Å². The molecule has 0 radical (unpaired) electrons. The van der Waals surface area contributed by atoms with E-state index >= 15 is 0 Å². The quantitative estimate of drug-likeness (QED) is 0.812. The Morgan fingerprint density at radius 3 is 2.42 bits per heavy atom. The van der Waals surface area contributed by atoms with Crippen molar-refractivity contribution in [2.75, 3.05) is 45.8 Å². The molecule has 1 aliphatic rings. The maximum Gasteiger partial charge on any atom is 0.129 e. The van der Waals surface area contributed by atoms with Crippen LogP contribution in [0.15, 0.2) is 24.3 Å². The molecule has 2 rings (SSSR count). The van der Waals surface area contributed by atoms with Gasteiger partial charge in [0.05, 0.1) is 6.10 Å². The van der Waals surface area contributed by atoms with E-state index in [-0.39, 0.29) is 5.82 Å². The summed E-state index contributed by atoms with van der Waals surface area (Å²) in [6.45, 7) is 5.79. The molecular weight excluding hydrogens is 245 g/mol. The molecule has 1 heterocycles. The smallest absolute Gasteiger partial charge is 0.129 e. The van der Waals surface area contributed by atoms with Crippen LogP contribution in [0.4, 0.5) is 4.39 Å². The summed E-state index contributed by atoms with van der Waals surface area (Å²) >= 11 is 0. The van der Waals surface area contributed by atoms with Gasteiger partial charge in [0.15, 0.2) is 0 Å². The van der Waals surface area contributed by atoms with Crippen LogP contribution >= 0.6 is 0 Å². The van der Waals surface area contributed by atoms with Gasteiger partial charge in [-0.15, -0.1) is 0 Å². The maximum absolute atomic E-state index is 13.6. The highest BCUT2D eigenvalue weighted by Crippen LogP contribution is 2.18. The summed E-state index contributed by atoms with van der Waals surface area (Å²) in [5.41, 5.74) is 5.91. The summed E-state index contributed by atoms with van der Waals surface area (Å²) in [5.74, 6) is -0.336. The zero-order valence-electron chi connectivity index (χ0n) is 11.1. The zero-order valence-corrected chi connectivity index (χ0v) is 11.1. The molecule has 0 amide bonds. The van der Waals surface area contributed by atoms with E-state index in [4.69, 9.17) is 5.73 Å². The topological polar surface area (TPSA) is 52.7 Å². The van der Waals surface area contributed by atoms with Crippen LogP contribution in [0.25, 0.3) is 0 Å². The van der Waals surface area contributed by atoms with Gasteiger partial charge in [-0.2, -0.15) is 0 Å². The van der Waals surface area contributed by atoms with Crippen LogP contribution < -0.4 is 5.73 Å². The first-order chi connectivity index (χ1) is 9.20. The van der Waals surface area contributed by atoms with Crippen LogP contribution in [0.2, 0.25) is 0 Å². The largest absolute Gasteiger partial charge is 0.387 e. The molecule has 0 aliphatic carbocycles. The fourth-order valence-electron chi connectivity index (χ4n) is 2.47. The number of aliphatic hydroxyl groups is 1. The molecule has 1 aromatic rings. The third-order valence-corrected chi connectivity index (χ3v) is 3.61. The second-order valence-corrected chi connectivity index (χ2v) is 4.97. The molecule has 0 aromatic heterocycles. The second kappa shape index (κ2) is 6.96. The number of β-amino-alcohol motifs (C(OH)–C–C–N with tert-alkyl or cyclic N) is 1. The molecule has 1 aromatic carbocycles. The van der Waals surface area contributed by atoms with Crippen molar-refractivity contribution >= 4 is 0 Å². The lowest BCUT2D eigenvalue weighted by atomic mass is 10.1. The van der Waals surface area contributed by atoms with Crippen LogP contribution in [0.3, 0.4) is 0 Å². The molecule has 0 saturated carbocycles. The van der Waals surface area contributed by atoms with Crippen LogP contribution in [0.1, 0.15) is 11.7 Å². The van der Waals surface area contributed by atoms with Gasteiger partial charge in [-0.3, -0.25) is 9.80 Å². The minimum atomic E-state index is -0.762. The Balaban J connectivity index is 1.84. The Hall–Kier alpha value is -1.01. The van der Waals surface area contributed by atoms with Crippen molar-refractivity contribution in [3.05, 3.63) is 35.6 Å². The molecule has 1 atom stereocenters. The van der Waals surface area contributed by atoms with Crippen LogP contribution in [-0.2, 0) is 0 Å². The molecule has 19 heavy (non-hydrogen) atoms. The third kappa shape index (κ3) is 3.98. The van der Waals surface area contributed by atoms with Crippen LogP contribution in [-0.4, -0.2) is 60.7 Å². The SMILES string of the molecule is NCCN1CCN(CC(O)c2ccccc2F)CC1. The highest BCUT2D eigenvalue weighted by molar-refractivity contribution is 5.20. The van der Waals surface area contributed by atoms with E-state index in [1.54, 1.807) is 18.2 Å². The van der Waals surface area contributed by atoms with Crippen molar-refractivity contribution in [1.29, 1.82) is 0 Å². The van der Waals surface area contributed by atoms with Crippen molar-refractivity contribution in [3.63, 3.8) is 0 Å². The Morgan fingerprint density at radius 1 is 1.16 bits per heavy atom. The number of rotatable bonds is 5. The van der Waals surface area contributed by atoms with Gasteiger partial charge < -0.3 is 10.8 Å². The first-order valence-electron chi connectivity index (χ1n) is 6.78. The van der Waals surface area contributed by atoms with Crippen molar-refractivity contribution in [1.82, 2.24) is 9.80 Å². The number of hydrogen-bond acceptors (Lipinski definition) is 4. The molecule has 3 N–H and O–H groups in total. The van der Waals surface area contributed by atoms with Crippen molar-refractivity contribution in [3.8, 4) is 0 Å². The molecule has 5 heteroatoms. The van der Waals surface area contributed by atoms with Crippen LogP contribution in [0, 0.1) is 5.82 Å². The van der Waals surface area contributed by atoms with E-state index in [2.05, 4.69) is 9.80 Å². The van der Waals surface area contributed by atoms with E-state index in [9.17, 15) is 9.50 Å². The molecule has 4 nitrogen and oxygen atoms in total. The lowest BCUT2D eigenvalue weighted by Gasteiger charge is -2.35. The first-order valence-corrected chi connectivity index (χ1v) is 6.78. The lowest BCUT2D eigenvalue weighted by Crippen LogP contribution is -2.48. The van der Waals surface area contributed by atoms with E-state index in [0.717, 1.165) is 32.7 Å². The van der Waals surface area contributed by atoms with Gasteiger partial charge >= 0.3 is 0 Å². The number of nitrogens with zero attached hydrogens (tertiary/aromatic N) is 2. The fourth-order valence-corrected chi connectivity index (χ4v) is 2.47. The number of halogens is 1. The molecule has 1 saturated heterocycles. The zero-order chi connectivity index (χ0) is 13.7. The van der Waals surface area contributed by atoms with Gasteiger partial charge in [0.2, 0.25) is 0 Å². The first kappa shape index (κ1) is 14.4. The summed E-state index contributed by atoms with van der Waals surface area (Å²) in [4.78, 5) is 4.48. The van der Waals surface area contributed by atoms with Crippen molar-refractivity contribution in [2.24, 2.45) is 5.73 Å². The number of aliphatic hydroxyl groups excluding tert-OH is 1. The van der Waals surface area contributed by atoms with E-state index in [1.165, 1.54) is 6.07 Å². The summed E-state index contributed by atoms with van der Waals surface area (Å²) < 4.78 is 13.6. The van der Waals surface area contributed by atoms with Gasteiger partial charge in [-0.05, 0) is 6.07 Å². The fraction of sp³-hybridized carbons (Fsp3) is 0.571. The second-order valence-electron chi connectivity index (χ2n) is 4.97. The van der Waals surface area contributed by atoms with Crippen molar-refractivity contribution < 1.29 is 9.50 Å². The van der Waals surface area contributed by atoms with Gasteiger partial charge in [-0.25, -0.2) is 4.39 Å². The predicted molar refractivity (Wildman–Crippen MR) is 73.3 cm³/mol. The molecule has 0 bridgehead atoms. The highest BCUT2D eigenvalue weighted by Gasteiger charge is 2.20. The average Bonchev–Trinajstić information content (AvgIpc) is 2.42. The molecule has 1 aliphatic heterocycles. The number of benzene rings is 1. The molecular formula is C14H22FN3O. The Bertz CT molecular complexity index is 394. The molecule has 1 unspecified atom stereocenters. The number of piperazine rings is 1. The number of hydrogen-bond donors (Lipinski definition) is 2. The minimum absolute atomic E-state index is 0.336. The normalized spacial score (nSPS) is 19.5. The maximum atomic E-state index is 13.6. The van der Waals surface area contributed by atoms with Crippen molar-refractivity contribution in [2.45, 2.75) is 6.10 Å². The summed E-state index contributed by atoms with van der Waals surface area (Å²) in [7, 11) is 0. The minimum Gasteiger partial charge on any atom is -0.387 e. The van der Waals surface area contributed by atoms with Crippen LogP contribution in [0.5, 0.6) is 0 Å².